The molecule has 1 amide bonds. The van der Waals surface area contributed by atoms with Crippen LogP contribution in [0.15, 0.2) is 60.9 Å². The Morgan fingerprint density at radius 2 is 2.00 bits per heavy atom. The monoisotopic (exact) mass is 407 g/mol. The van der Waals surface area contributed by atoms with Crippen LogP contribution in [-0.2, 0) is 6.54 Å². The number of hydrogen-bond acceptors (Lipinski definition) is 4. The number of rotatable bonds is 4. The van der Waals surface area contributed by atoms with Crippen LogP contribution >= 0.6 is 22.9 Å². The maximum atomic E-state index is 13.5. The van der Waals surface area contributed by atoms with E-state index in [4.69, 9.17) is 16.6 Å². The maximum absolute atomic E-state index is 13.5. The summed E-state index contributed by atoms with van der Waals surface area (Å²) < 4.78 is 0.951. The van der Waals surface area contributed by atoms with Crippen molar-refractivity contribution in [1.29, 1.82) is 0 Å². The number of benzene rings is 2. The minimum Gasteiger partial charge on any atom is -0.279 e. The van der Waals surface area contributed by atoms with Crippen LogP contribution in [0.5, 0.6) is 0 Å². The second-order valence-electron chi connectivity index (χ2n) is 6.68. The average Bonchev–Trinajstić information content (AvgIpc) is 3.11. The molecule has 4 aromatic rings. The van der Waals surface area contributed by atoms with Gasteiger partial charge in [0.05, 0.1) is 16.8 Å². The van der Waals surface area contributed by atoms with Gasteiger partial charge in [-0.25, -0.2) is 4.98 Å². The van der Waals surface area contributed by atoms with Crippen molar-refractivity contribution < 1.29 is 4.79 Å². The average molecular weight is 408 g/mol. The number of aryl methyl sites for hydroxylation is 2. The van der Waals surface area contributed by atoms with Crippen LogP contribution in [0, 0.1) is 13.8 Å². The maximum Gasteiger partial charge on any atom is 0.260 e. The molecule has 0 aliphatic heterocycles. The number of halogens is 1. The van der Waals surface area contributed by atoms with E-state index in [0.717, 1.165) is 26.9 Å². The van der Waals surface area contributed by atoms with Gasteiger partial charge in [0.2, 0.25) is 0 Å². The zero-order valence-electron chi connectivity index (χ0n) is 15.5. The Hall–Kier alpha value is -2.76. The fourth-order valence-electron chi connectivity index (χ4n) is 3.01. The number of carbonyl (C=O) groups excluding carboxylic acids is 1. The van der Waals surface area contributed by atoms with Gasteiger partial charge >= 0.3 is 0 Å². The van der Waals surface area contributed by atoms with Crippen molar-refractivity contribution in [2.24, 2.45) is 0 Å². The predicted molar refractivity (Wildman–Crippen MR) is 115 cm³/mol. The number of carbonyl (C=O) groups is 1. The molecule has 0 N–H and O–H groups in total. The molecule has 0 spiro atoms. The fourth-order valence-corrected chi connectivity index (χ4v) is 4.25. The first-order valence-electron chi connectivity index (χ1n) is 8.85. The fraction of sp³-hybridized carbons (Fsp3) is 0.136. The first-order chi connectivity index (χ1) is 13.5. The van der Waals surface area contributed by atoms with E-state index in [2.05, 4.69) is 4.98 Å². The van der Waals surface area contributed by atoms with E-state index in [9.17, 15) is 4.79 Å². The first-order valence-corrected chi connectivity index (χ1v) is 10.0. The van der Waals surface area contributed by atoms with Gasteiger partial charge in [-0.3, -0.25) is 14.7 Å². The molecule has 4 rings (SSSR count). The van der Waals surface area contributed by atoms with Crippen molar-refractivity contribution in [2.45, 2.75) is 20.4 Å². The van der Waals surface area contributed by atoms with E-state index in [1.807, 2.05) is 62.4 Å². The lowest BCUT2D eigenvalue weighted by atomic mass is 10.0. The van der Waals surface area contributed by atoms with Crippen LogP contribution < -0.4 is 4.90 Å². The Balaban J connectivity index is 1.80. The van der Waals surface area contributed by atoms with E-state index in [0.29, 0.717) is 22.3 Å². The lowest BCUT2D eigenvalue weighted by Crippen LogP contribution is -2.31. The normalized spacial score (nSPS) is 11.0. The molecule has 2 aromatic heterocycles. The zero-order chi connectivity index (χ0) is 19.7. The van der Waals surface area contributed by atoms with Gasteiger partial charge in [0.1, 0.15) is 0 Å². The Kier molecular flexibility index (Phi) is 5.11. The Labute approximate surface area is 172 Å². The van der Waals surface area contributed by atoms with Gasteiger partial charge in [-0.15, -0.1) is 0 Å². The number of fused-ring (bicyclic) bond motifs is 1. The summed E-state index contributed by atoms with van der Waals surface area (Å²) in [5.41, 5.74) is 4.44. The Morgan fingerprint density at radius 3 is 2.79 bits per heavy atom. The van der Waals surface area contributed by atoms with Gasteiger partial charge < -0.3 is 0 Å². The molecule has 0 aliphatic rings. The highest BCUT2D eigenvalue weighted by Crippen LogP contribution is 2.32. The summed E-state index contributed by atoms with van der Waals surface area (Å²) >= 11 is 7.58. The number of thiazole rings is 1. The summed E-state index contributed by atoms with van der Waals surface area (Å²) in [5, 5.41) is 1.30. The number of anilines is 1. The number of hydrogen-bond donors (Lipinski definition) is 0. The highest BCUT2D eigenvalue weighted by molar-refractivity contribution is 7.22. The molecule has 0 aliphatic carbocycles. The second kappa shape index (κ2) is 7.70. The molecular weight excluding hydrogens is 390 g/mol. The van der Waals surface area contributed by atoms with E-state index >= 15 is 0 Å². The van der Waals surface area contributed by atoms with Crippen LogP contribution in [0.1, 0.15) is 27.0 Å². The Morgan fingerprint density at radius 1 is 1.14 bits per heavy atom. The second-order valence-corrected chi connectivity index (χ2v) is 8.12. The highest BCUT2D eigenvalue weighted by atomic mass is 35.5. The lowest BCUT2D eigenvalue weighted by molar-refractivity contribution is 0.0984. The zero-order valence-corrected chi connectivity index (χ0v) is 17.1. The minimum atomic E-state index is -0.0739. The molecule has 2 heterocycles. The third-order valence-electron chi connectivity index (χ3n) is 4.50. The minimum absolute atomic E-state index is 0.0739. The van der Waals surface area contributed by atoms with Gasteiger partial charge in [0, 0.05) is 23.0 Å². The molecular formula is C22H18ClN3OS. The van der Waals surface area contributed by atoms with Gasteiger partial charge in [-0.05, 0) is 55.3 Å². The lowest BCUT2D eigenvalue weighted by Gasteiger charge is -2.21. The summed E-state index contributed by atoms with van der Waals surface area (Å²) in [7, 11) is 0. The standard InChI is InChI=1S/C22H18ClN3OS/c1-14-5-6-15(2)18(10-14)21(27)26(13-16-4-3-9-24-12-16)22-25-19-8-7-17(23)11-20(19)28-22/h3-12H,13H2,1-2H3. The third-order valence-corrected chi connectivity index (χ3v) is 5.78. The summed E-state index contributed by atoms with van der Waals surface area (Å²) in [5.74, 6) is -0.0739. The van der Waals surface area contributed by atoms with Crippen LogP contribution in [0.4, 0.5) is 5.13 Å². The smallest absolute Gasteiger partial charge is 0.260 e. The molecule has 0 atom stereocenters. The number of nitrogens with zero attached hydrogens (tertiary/aromatic N) is 3. The molecule has 0 fully saturated rings. The number of aromatic nitrogens is 2. The molecule has 140 valence electrons. The van der Waals surface area contributed by atoms with Crippen LogP contribution in [0.3, 0.4) is 0 Å². The summed E-state index contributed by atoms with van der Waals surface area (Å²) in [6.07, 6.45) is 3.49. The van der Waals surface area contributed by atoms with Crippen LogP contribution in [-0.4, -0.2) is 15.9 Å². The van der Waals surface area contributed by atoms with Crippen molar-refractivity contribution in [2.75, 3.05) is 4.90 Å². The van der Waals surface area contributed by atoms with Crippen molar-refractivity contribution in [3.63, 3.8) is 0 Å². The van der Waals surface area contributed by atoms with Gasteiger partial charge in [-0.2, -0.15) is 0 Å². The largest absolute Gasteiger partial charge is 0.279 e. The van der Waals surface area contributed by atoms with Crippen molar-refractivity contribution in [3.05, 3.63) is 88.2 Å². The van der Waals surface area contributed by atoms with Crippen molar-refractivity contribution in [1.82, 2.24) is 9.97 Å². The molecule has 0 saturated carbocycles. The summed E-state index contributed by atoms with van der Waals surface area (Å²) in [6.45, 7) is 4.34. The summed E-state index contributed by atoms with van der Waals surface area (Å²) in [4.78, 5) is 24.1. The molecule has 28 heavy (non-hydrogen) atoms. The van der Waals surface area contributed by atoms with Crippen molar-refractivity contribution >= 4 is 44.2 Å². The van der Waals surface area contributed by atoms with Gasteiger partial charge in [0.15, 0.2) is 5.13 Å². The molecule has 6 heteroatoms. The van der Waals surface area contributed by atoms with Crippen molar-refractivity contribution in [3.8, 4) is 0 Å². The number of amides is 1. The molecule has 2 aromatic carbocycles. The van der Waals surface area contributed by atoms with E-state index in [1.54, 1.807) is 17.3 Å². The quantitative estimate of drug-likeness (QED) is 0.429. The van der Waals surface area contributed by atoms with Gasteiger partial charge in [0.25, 0.3) is 5.91 Å². The SMILES string of the molecule is Cc1ccc(C)c(C(=O)N(Cc2cccnc2)c2nc3ccc(Cl)cc3s2)c1. The molecule has 0 unspecified atom stereocenters. The van der Waals surface area contributed by atoms with E-state index in [-0.39, 0.29) is 5.91 Å². The van der Waals surface area contributed by atoms with E-state index < -0.39 is 0 Å². The molecule has 0 radical (unpaired) electrons. The number of pyridine rings is 1. The predicted octanol–water partition coefficient (Wildman–Crippen LogP) is 5.81. The van der Waals surface area contributed by atoms with Gasteiger partial charge in [-0.1, -0.05) is 46.7 Å². The van der Waals surface area contributed by atoms with Crippen LogP contribution in [0.2, 0.25) is 5.02 Å². The molecule has 4 nitrogen and oxygen atoms in total. The first kappa shape index (κ1) is 18.6. The van der Waals surface area contributed by atoms with Crippen LogP contribution in [0.25, 0.3) is 10.2 Å². The summed E-state index contributed by atoms with van der Waals surface area (Å²) in [6, 6.07) is 15.3. The highest BCUT2D eigenvalue weighted by Gasteiger charge is 2.23. The topological polar surface area (TPSA) is 46.1 Å². The molecule has 0 saturated heterocycles. The third kappa shape index (κ3) is 3.77. The van der Waals surface area contributed by atoms with E-state index in [1.165, 1.54) is 11.3 Å². The Bertz CT molecular complexity index is 1160. The molecule has 0 bridgehead atoms.